The zero-order chi connectivity index (χ0) is 19.8. The van der Waals surface area contributed by atoms with Crippen LogP contribution in [0.4, 0.5) is 22.0 Å². The van der Waals surface area contributed by atoms with E-state index in [2.05, 4.69) is 13.2 Å². The Kier molecular flexibility index (Phi) is 4.98. The first-order valence-corrected chi connectivity index (χ1v) is 8.58. The third kappa shape index (κ3) is 4.46. The monoisotopic (exact) mass is 378 g/mol. The molecule has 142 valence electrons. The Morgan fingerprint density at radius 1 is 0.852 bits per heavy atom. The lowest BCUT2D eigenvalue weighted by Crippen LogP contribution is -2.14. The van der Waals surface area contributed by atoms with E-state index in [9.17, 15) is 22.0 Å². The van der Waals surface area contributed by atoms with Crippen molar-refractivity contribution in [3.05, 3.63) is 83.4 Å². The SMILES string of the molecule is C=C(CCC(=C)c1ccc2c(c1)CC(F)(F)C2)c1cccc(C(F)(F)F)c1. The van der Waals surface area contributed by atoms with Gasteiger partial charge in [-0.3, -0.25) is 0 Å². The van der Waals surface area contributed by atoms with E-state index in [-0.39, 0.29) is 12.8 Å². The molecular weight excluding hydrogens is 359 g/mol. The fourth-order valence-corrected chi connectivity index (χ4v) is 3.31. The molecule has 1 aliphatic rings. The van der Waals surface area contributed by atoms with Gasteiger partial charge in [0.15, 0.2) is 0 Å². The highest BCUT2D eigenvalue weighted by Gasteiger charge is 2.37. The fraction of sp³-hybridized carbons (Fsp3) is 0.273. The summed E-state index contributed by atoms with van der Waals surface area (Å²) in [6.07, 6.45) is -3.97. The van der Waals surface area contributed by atoms with E-state index >= 15 is 0 Å². The minimum absolute atomic E-state index is 0.235. The summed E-state index contributed by atoms with van der Waals surface area (Å²) in [6.45, 7) is 7.88. The minimum Gasteiger partial charge on any atom is -0.206 e. The molecule has 0 aromatic heterocycles. The molecule has 0 radical (unpaired) electrons. The van der Waals surface area contributed by atoms with Crippen molar-refractivity contribution in [2.24, 2.45) is 0 Å². The molecule has 1 aliphatic carbocycles. The van der Waals surface area contributed by atoms with Crippen LogP contribution in [0.25, 0.3) is 11.1 Å². The van der Waals surface area contributed by atoms with Gasteiger partial charge in [-0.1, -0.05) is 43.5 Å². The highest BCUT2D eigenvalue weighted by Crippen LogP contribution is 2.36. The van der Waals surface area contributed by atoms with Crippen molar-refractivity contribution in [1.29, 1.82) is 0 Å². The highest BCUT2D eigenvalue weighted by molar-refractivity contribution is 5.70. The van der Waals surface area contributed by atoms with Crippen LogP contribution in [0.2, 0.25) is 0 Å². The van der Waals surface area contributed by atoms with Crippen LogP contribution >= 0.6 is 0 Å². The average molecular weight is 378 g/mol. The van der Waals surface area contributed by atoms with Crippen molar-refractivity contribution < 1.29 is 22.0 Å². The molecule has 0 nitrogen and oxygen atoms in total. The first kappa shape index (κ1) is 19.3. The van der Waals surface area contributed by atoms with Crippen LogP contribution in [-0.4, -0.2) is 5.92 Å². The lowest BCUT2D eigenvalue weighted by atomic mass is 9.94. The standard InChI is InChI=1S/C22H19F5/c1-14(16-4-3-5-20(11-16)22(25,26)27)6-7-15(2)17-8-9-18-12-21(23,24)13-19(18)10-17/h3-5,8-11H,1-2,6-7,12-13H2. The van der Waals surface area contributed by atoms with Crippen LogP contribution < -0.4 is 0 Å². The van der Waals surface area contributed by atoms with E-state index in [1.807, 2.05) is 0 Å². The Morgan fingerprint density at radius 2 is 1.44 bits per heavy atom. The van der Waals surface area contributed by atoms with Gasteiger partial charge in [0.25, 0.3) is 5.92 Å². The lowest BCUT2D eigenvalue weighted by molar-refractivity contribution is -0.137. The Bertz CT molecular complexity index is 890. The predicted octanol–water partition coefficient (Wildman–Crippen LogP) is 6.95. The second kappa shape index (κ2) is 6.95. The average Bonchev–Trinajstić information content (AvgIpc) is 2.91. The molecule has 0 bridgehead atoms. The summed E-state index contributed by atoms with van der Waals surface area (Å²) in [6, 6.07) is 10.3. The molecule has 0 unspecified atom stereocenters. The summed E-state index contributed by atoms with van der Waals surface area (Å²) in [7, 11) is 0. The number of alkyl halides is 5. The molecule has 0 heterocycles. The molecule has 0 atom stereocenters. The molecule has 0 N–H and O–H groups in total. The Balaban J connectivity index is 1.66. The fourth-order valence-electron chi connectivity index (χ4n) is 3.31. The van der Waals surface area contributed by atoms with Gasteiger partial charge in [0.1, 0.15) is 0 Å². The number of hydrogen-bond acceptors (Lipinski definition) is 0. The van der Waals surface area contributed by atoms with Gasteiger partial charge in [0.05, 0.1) is 5.56 Å². The van der Waals surface area contributed by atoms with Crippen molar-refractivity contribution >= 4 is 11.1 Å². The molecule has 0 fully saturated rings. The van der Waals surface area contributed by atoms with Crippen molar-refractivity contribution in [3.63, 3.8) is 0 Å². The van der Waals surface area contributed by atoms with Gasteiger partial charge < -0.3 is 0 Å². The number of hydrogen-bond donors (Lipinski definition) is 0. The number of allylic oxidation sites excluding steroid dienone is 2. The number of rotatable bonds is 5. The summed E-state index contributed by atoms with van der Waals surface area (Å²) in [5.41, 5.74) is 3.13. The van der Waals surface area contributed by atoms with E-state index in [4.69, 9.17) is 0 Å². The molecule has 3 rings (SSSR count). The third-order valence-corrected chi connectivity index (χ3v) is 4.84. The first-order valence-electron chi connectivity index (χ1n) is 8.58. The summed E-state index contributed by atoms with van der Waals surface area (Å²) < 4.78 is 65.5. The van der Waals surface area contributed by atoms with E-state index in [1.54, 1.807) is 24.3 Å². The van der Waals surface area contributed by atoms with E-state index < -0.39 is 17.7 Å². The highest BCUT2D eigenvalue weighted by atomic mass is 19.4. The molecule has 5 heteroatoms. The summed E-state index contributed by atoms with van der Waals surface area (Å²) in [5.74, 6) is -2.69. The maximum absolute atomic E-state index is 13.5. The second-order valence-corrected chi connectivity index (χ2v) is 6.98. The molecule has 0 spiro atoms. The molecule has 2 aromatic rings. The van der Waals surface area contributed by atoms with Gasteiger partial charge >= 0.3 is 6.18 Å². The van der Waals surface area contributed by atoms with Crippen molar-refractivity contribution in [3.8, 4) is 0 Å². The molecular formula is C22H19F5. The van der Waals surface area contributed by atoms with Gasteiger partial charge in [-0.15, -0.1) is 0 Å². The Labute approximate surface area is 155 Å². The van der Waals surface area contributed by atoms with Crippen LogP contribution in [0.1, 0.15) is 40.7 Å². The summed E-state index contributed by atoms with van der Waals surface area (Å²) in [4.78, 5) is 0. The van der Waals surface area contributed by atoms with Crippen LogP contribution in [0.15, 0.2) is 55.6 Å². The summed E-state index contributed by atoms with van der Waals surface area (Å²) in [5, 5.41) is 0. The van der Waals surface area contributed by atoms with Crippen molar-refractivity contribution in [2.45, 2.75) is 37.8 Å². The topological polar surface area (TPSA) is 0 Å². The normalized spacial score (nSPS) is 15.4. The number of halogens is 5. The van der Waals surface area contributed by atoms with E-state index in [0.717, 1.165) is 23.3 Å². The quantitative estimate of drug-likeness (QED) is 0.494. The predicted molar refractivity (Wildman–Crippen MR) is 97.5 cm³/mol. The Hall–Kier alpha value is -2.43. The summed E-state index contributed by atoms with van der Waals surface area (Å²) >= 11 is 0. The van der Waals surface area contributed by atoms with Crippen LogP contribution in [0.5, 0.6) is 0 Å². The molecule has 0 saturated heterocycles. The lowest BCUT2D eigenvalue weighted by Gasteiger charge is -2.12. The van der Waals surface area contributed by atoms with Gasteiger partial charge in [-0.05, 0) is 58.4 Å². The van der Waals surface area contributed by atoms with Crippen LogP contribution in [0.3, 0.4) is 0 Å². The third-order valence-electron chi connectivity index (χ3n) is 4.84. The minimum atomic E-state index is -4.40. The molecule has 0 amide bonds. The first-order chi connectivity index (χ1) is 12.5. The molecule has 0 aliphatic heterocycles. The number of benzene rings is 2. The number of fused-ring (bicyclic) bond motifs is 1. The zero-order valence-electron chi connectivity index (χ0n) is 14.7. The maximum atomic E-state index is 13.5. The van der Waals surface area contributed by atoms with E-state index in [1.165, 1.54) is 6.07 Å². The van der Waals surface area contributed by atoms with Gasteiger partial charge in [-0.25, -0.2) is 8.78 Å². The maximum Gasteiger partial charge on any atom is 0.416 e. The van der Waals surface area contributed by atoms with E-state index in [0.29, 0.717) is 35.1 Å². The van der Waals surface area contributed by atoms with Gasteiger partial charge in [-0.2, -0.15) is 13.2 Å². The Morgan fingerprint density at radius 3 is 2.07 bits per heavy atom. The van der Waals surface area contributed by atoms with Gasteiger partial charge in [0.2, 0.25) is 0 Å². The second-order valence-electron chi connectivity index (χ2n) is 6.98. The smallest absolute Gasteiger partial charge is 0.206 e. The molecule has 2 aromatic carbocycles. The van der Waals surface area contributed by atoms with Crippen LogP contribution in [0, 0.1) is 0 Å². The molecule has 0 saturated carbocycles. The largest absolute Gasteiger partial charge is 0.416 e. The van der Waals surface area contributed by atoms with Crippen molar-refractivity contribution in [2.75, 3.05) is 0 Å². The van der Waals surface area contributed by atoms with Gasteiger partial charge in [0, 0.05) is 12.8 Å². The zero-order valence-corrected chi connectivity index (χ0v) is 14.7. The van der Waals surface area contributed by atoms with Crippen molar-refractivity contribution in [1.82, 2.24) is 0 Å². The molecule has 27 heavy (non-hydrogen) atoms. The van der Waals surface area contributed by atoms with Crippen LogP contribution in [-0.2, 0) is 19.0 Å².